The van der Waals surface area contributed by atoms with Gasteiger partial charge in [0, 0.05) is 37.4 Å². The predicted molar refractivity (Wildman–Crippen MR) is 130 cm³/mol. The van der Waals surface area contributed by atoms with E-state index in [1.807, 2.05) is 13.1 Å². The van der Waals surface area contributed by atoms with Crippen LogP contribution in [0.15, 0.2) is 54.9 Å². The summed E-state index contributed by atoms with van der Waals surface area (Å²) >= 11 is 0. The second-order valence-corrected chi connectivity index (χ2v) is 8.51. The van der Waals surface area contributed by atoms with Gasteiger partial charge in [-0.2, -0.15) is 0 Å². The van der Waals surface area contributed by atoms with E-state index in [0.29, 0.717) is 22.6 Å². The van der Waals surface area contributed by atoms with Crippen LogP contribution in [0.4, 0.5) is 21.5 Å². The molecule has 1 aromatic carbocycles. The summed E-state index contributed by atoms with van der Waals surface area (Å²) in [6.07, 6.45) is 5.51. The summed E-state index contributed by atoms with van der Waals surface area (Å²) in [5.74, 6) is -0.777. The average molecular weight is 449 g/mol. The van der Waals surface area contributed by atoms with Gasteiger partial charge in [-0.3, -0.25) is 9.78 Å². The molecule has 1 aliphatic heterocycles. The number of benzene rings is 1. The number of piperidine rings is 1. The van der Waals surface area contributed by atoms with E-state index in [1.54, 1.807) is 49.8 Å². The van der Waals surface area contributed by atoms with Gasteiger partial charge in [-0.1, -0.05) is 12.1 Å². The van der Waals surface area contributed by atoms with Crippen LogP contribution in [-0.4, -0.2) is 48.6 Å². The van der Waals surface area contributed by atoms with Crippen LogP contribution in [0.1, 0.15) is 30.3 Å². The standard InChI is InChI=1S/C25H29FN6O/c1-25(28-3)12-6-14-32(16-25)22-11-13-29-15-21(22)31-24(33)23-20(27-2)10-9-19(30-23)17-7-4-5-8-18(17)26/h4-5,7-11,13,15,27-28H,6,12,14,16H2,1-3H3,(H,31,33). The summed E-state index contributed by atoms with van der Waals surface area (Å²) in [6.45, 7) is 3.92. The summed E-state index contributed by atoms with van der Waals surface area (Å²) in [7, 11) is 3.70. The molecule has 0 aliphatic carbocycles. The number of likely N-dealkylation sites (N-methyl/N-ethyl adjacent to an activating group) is 1. The number of aromatic nitrogens is 2. The topological polar surface area (TPSA) is 82.2 Å². The van der Waals surface area contributed by atoms with E-state index in [0.717, 1.165) is 31.6 Å². The van der Waals surface area contributed by atoms with Gasteiger partial charge >= 0.3 is 0 Å². The second kappa shape index (κ2) is 9.54. The lowest BCUT2D eigenvalue weighted by Crippen LogP contribution is -2.54. The van der Waals surface area contributed by atoms with Crippen LogP contribution >= 0.6 is 0 Å². The molecule has 7 nitrogen and oxygen atoms in total. The van der Waals surface area contributed by atoms with E-state index in [4.69, 9.17) is 0 Å². The highest BCUT2D eigenvalue weighted by Crippen LogP contribution is 2.31. The van der Waals surface area contributed by atoms with Crippen molar-refractivity contribution in [1.82, 2.24) is 15.3 Å². The molecule has 1 aliphatic rings. The van der Waals surface area contributed by atoms with Crippen molar-refractivity contribution in [3.8, 4) is 11.3 Å². The van der Waals surface area contributed by atoms with Crippen LogP contribution in [-0.2, 0) is 0 Å². The molecule has 0 saturated carbocycles. The fourth-order valence-corrected chi connectivity index (χ4v) is 4.24. The van der Waals surface area contributed by atoms with Gasteiger partial charge in [0.05, 0.1) is 29.0 Å². The van der Waals surface area contributed by atoms with Crippen molar-refractivity contribution in [2.45, 2.75) is 25.3 Å². The van der Waals surface area contributed by atoms with Gasteiger partial charge in [0.15, 0.2) is 5.69 Å². The van der Waals surface area contributed by atoms with Crippen LogP contribution < -0.4 is 20.9 Å². The molecule has 1 unspecified atom stereocenters. The number of nitrogens with one attached hydrogen (secondary N) is 3. The maximum absolute atomic E-state index is 14.3. The minimum absolute atomic E-state index is 0.00224. The quantitative estimate of drug-likeness (QED) is 0.526. The number of anilines is 3. The van der Waals surface area contributed by atoms with Gasteiger partial charge in [-0.25, -0.2) is 9.37 Å². The van der Waals surface area contributed by atoms with Gasteiger partial charge in [-0.15, -0.1) is 0 Å². The average Bonchev–Trinajstić information content (AvgIpc) is 2.84. The van der Waals surface area contributed by atoms with Crippen LogP contribution in [0.5, 0.6) is 0 Å². The molecular formula is C25H29FN6O. The second-order valence-electron chi connectivity index (χ2n) is 8.51. The molecule has 1 saturated heterocycles. The van der Waals surface area contributed by atoms with E-state index in [-0.39, 0.29) is 23.0 Å². The SMILES string of the molecule is CNc1ccc(-c2ccccc2F)nc1C(=O)Nc1cnccc1N1CCCC(C)(NC)C1. The molecular weight excluding hydrogens is 419 g/mol. The Kier molecular flexibility index (Phi) is 6.55. The smallest absolute Gasteiger partial charge is 0.276 e. The van der Waals surface area contributed by atoms with E-state index in [2.05, 4.69) is 37.7 Å². The number of hydrogen-bond acceptors (Lipinski definition) is 6. The summed E-state index contributed by atoms with van der Waals surface area (Å²) in [4.78, 5) is 24.3. The number of amides is 1. The first-order valence-corrected chi connectivity index (χ1v) is 11.1. The maximum Gasteiger partial charge on any atom is 0.276 e. The minimum Gasteiger partial charge on any atom is -0.386 e. The first-order chi connectivity index (χ1) is 15.9. The Labute approximate surface area is 193 Å². The molecule has 0 spiro atoms. The molecule has 2 aromatic heterocycles. The molecule has 33 heavy (non-hydrogen) atoms. The lowest BCUT2D eigenvalue weighted by molar-refractivity contribution is 0.102. The number of rotatable bonds is 6. The van der Waals surface area contributed by atoms with E-state index >= 15 is 0 Å². The van der Waals surface area contributed by atoms with Crippen molar-refractivity contribution in [2.75, 3.05) is 42.7 Å². The van der Waals surface area contributed by atoms with Crippen molar-refractivity contribution in [3.63, 3.8) is 0 Å². The maximum atomic E-state index is 14.3. The van der Waals surface area contributed by atoms with Crippen molar-refractivity contribution in [3.05, 3.63) is 66.4 Å². The third-order valence-electron chi connectivity index (χ3n) is 6.22. The minimum atomic E-state index is -0.389. The number of carbonyl (C=O) groups excluding carboxylic acids is 1. The molecule has 3 heterocycles. The lowest BCUT2D eigenvalue weighted by atomic mass is 9.91. The Bertz CT molecular complexity index is 1150. The lowest BCUT2D eigenvalue weighted by Gasteiger charge is -2.42. The molecule has 0 radical (unpaired) electrons. The van der Waals surface area contributed by atoms with Crippen molar-refractivity contribution in [1.29, 1.82) is 0 Å². The number of pyridine rings is 2. The van der Waals surface area contributed by atoms with Gasteiger partial charge in [0.25, 0.3) is 5.91 Å². The first kappa shape index (κ1) is 22.7. The molecule has 0 bridgehead atoms. The van der Waals surface area contributed by atoms with Crippen molar-refractivity contribution >= 4 is 23.0 Å². The molecule has 1 amide bonds. The van der Waals surface area contributed by atoms with E-state index in [9.17, 15) is 9.18 Å². The third-order valence-corrected chi connectivity index (χ3v) is 6.22. The van der Waals surface area contributed by atoms with Gasteiger partial charge < -0.3 is 20.9 Å². The Hall–Kier alpha value is -3.52. The molecule has 3 N–H and O–H groups in total. The molecule has 1 atom stereocenters. The fraction of sp³-hybridized carbons (Fsp3) is 0.320. The monoisotopic (exact) mass is 448 g/mol. The highest BCUT2D eigenvalue weighted by molar-refractivity contribution is 6.08. The molecule has 3 aromatic rings. The van der Waals surface area contributed by atoms with Crippen LogP contribution in [0.25, 0.3) is 11.3 Å². The zero-order valence-corrected chi connectivity index (χ0v) is 19.2. The Morgan fingerprint density at radius 2 is 1.94 bits per heavy atom. The van der Waals surface area contributed by atoms with Crippen molar-refractivity contribution < 1.29 is 9.18 Å². The van der Waals surface area contributed by atoms with Crippen LogP contribution in [0.3, 0.4) is 0 Å². The van der Waals surface area contributed by atoms with Crippen LogP contribution in [0, 0.1) is 5.82 Å². The molecule has 8 heteroatoms. The number of carbonyl (C=O) groups is 1. The van der Waals surface area contributed by atoms with E-state index in [1.165, 1.54) is 6.07 Å². The van der Waals surface area contributed by atoms with Gasteiger partial charge in [0.2, 0.25) is 0 Å². The van der Waals surface area contributed by atoms with Crippen LogP contribution in [0.2, 0.25) is 0 Å². The summed E-state index contributed by atoms with van der Waals surface area (Å²) in [5.41, 5.74) is 3.00. The summed E-state index contributed by atoms with van der Waals surface area (Å²) < 4.78 is 14.3. The summed E-state index contributed by atoms with van der Waals surface area (Å²) in [6, 6.07) is 11.7. The zero-order valence-electron chi connectivity index (χ0n) is 19.2. The first-order valence-electron chi connectivity index (χ1n) is 11.1. The number of nitrogens with zero attached hydrogens (tertiary/aromatic N) is 3. The van der Waals surface area contributed by atoms with Gasteiger partial charge in [-0.05, 0) is 57.1 Å². The highest BCUT2D eigenvalue weighted by Gasteiger charge is 2.30. The molecule has 172 valence electrons. The number of hydrogen-bond donors (Lipinski definition) is 3. The highest BCUT2D eigenvalue weighted by atomic mass is 19.1. The predicted octanol–water partition coefficient (Wildman–Crippen LogP) is 4.16. The fourth-order valence-electron chi connectivity index (χ4n) is 4.24. The molecule has 1 fully saturated rings. The van der Waals surface area contributed by atoms with Crippen molar-refractivity contribution in [2.24, 2.45) is 0 Å². The zero-order chi connectivity index (χ0) is 23.4. The van der Waals surface area contributed by atoms with Gasteiger partial charge in [0.1, 0.15) is 5.82 Å². The Morgan fingerprint density at radius 3 is 2.70 bits per heavy atom. The van der Waals surface area contributed by atoms with E-state index < -0.39 is 0 Å². The molecule has 4 rings (SSSR count). The largest absolute Gasteiger partial charge is 0.386 e. The summed E-state index contributed by atoms with van der Waals surface area (Å²) in [5, 5.41) is 9.39. The normalized spacial score (nSPS) is 18.1. The Morgan fingerprint density at radius 1 is 1.12 bits per heavy atom. The number of halogens is 1. The third kappa shape index (κ3) is 4.80. The Balaban J connectivity index is 1.64.